The van der Waals surface area contributed by atoms with Crippen LogP contribution in [0, 0.1) is 0 Å². The van der Waals surface area contributed by atoms with Gasteiger partial charge in [0.25, 0.3) is 0 Å². The van der Waals surface area contributed by atoms with Crippen molar-refractivity contribution in [2.75, 3.05) is 0 Å². The first-order valence-corrected chi connectivity index (χ1v) is 5.05. The van der Waals surface area contributed by atoms with Crippen LogP contribution in [-0.4, -0.2) is 15.5 Å². The minimum Gasteiger partial charge on any atom is -0.508 e. The molecule has 0 aromatic heterocycles. The third kappa shape index (κ3) is 2.20. The predicted octanol–water partition coefficient (Wildman–Crippen LogP) is 2.68. The third-order valence-electron chi connectivity index (χ3n) is 2.05. The van der Waals surface area contributed by atoms with Gasteiger partial charge in [0.2, 0.25) is 0 Å². The van der Waals surface area contributed by atoms with Crippen LogP contribution in [0.1, 0.15) is 0 Å². The highest BCUT2D eigenvalue weighted by molar-refractivity contribution is 7.94. The van der Waals surface area contributed by atoms with Crippen molar-refractivity contribution in [2.24, 2.45) is 0 Å². The van der Waals surface area contributed by atoms with Gasteiger partial charge >= 0.3 is 0 Å². The third-order valence-corrected chi connectivity index (χ3v) is 2.61. The van der Waals surface area contributed by atoms with Gasteiger partial charge < -0.3 is 10.2 Å². The first-order valence-electron chi connectivity index (χ1n) is 4.31. The van der Waals surface area contributed by atoms with Crippen molar-refractivity contribution in [2.45, 2.75) is 4.90 Å². The summed E-state index contributed by atoms with van der Waals surface area (Å²) in [7, 11) is 0. The average Bonchev–Trinajstić information content (AvgIpc) is 2.27. The fourth-order valence-corrected chi connectivity index (χ4v) is 1.85. The SMILES string of the molecule is OOOSc1cc(O)c2cc(O)ccc2c1. The van der Waals surface area contributed by atoms with Crippen molar-refractivity contribution in [1.82, 2.24) is 0 Å². The Morgan fingerprint density at radius 2 is 1.88 bits per heavy atom. The zero-order valence-electron chi connectivity index (χ0n) is 7.95. The van der Waals surface area contributed by atoms with Gasteiger partial charge in [-0.1, -0.05) is 11.1 Å². The molecule has 0 aliphatic rings. The average molecular weight is 240 g/mol. The summed E-state index contributed by atoms with van der Waals surface area (Å²) < 4.78 is 4.26. The van der Waals surface area contributed by atoms with Gasteiger partial charge in [-0.05, 0) is 29.7 Å². The number of fused-ring (bicyclic) bond motifs is 1. The molecule has 0 aliphatic carbocycles. The molecular weight excluding hydrogens is 232 g/mol. The number of rotatable bonds is 3. The molecule has 16 heavy (non-hydrogen) atoms. The van der Waals surface area contributed by atoms with Crippen LogP contribution in [0.2, 0.25) is 0 Å². The lowest BCUT2D eigenvalue weighted by Crippen LogP contribution is -1.81. The van der Waals surface area contributed by atoms with Crippen molar-refractivity contribution in [3.05, 3.63) is 30.3 Å². The topological polar surface area (TPSA) is 79.2 Å². The van der Waals surface area contributed by atoms with Gasteiger partial charge in [-0.15, -0.1) is 4.33 Å². The number of aromatic hydroxyl groups is 2. The standard InChI is InChI=1S/C10H8O5S/c11-7-2-1-6-3-8(16-15-14-13)5-10(12)9(6)4-7/h1-5,11-13H. The van der Waals surface area contributed by atoms with Crippen molar-refractivity contribution in [3.63, 3.8) is 0 Å². The zero-order chi connectivity index (χ0) is 11.5. The van der Waals surface area contributed by atoms with Gasteiger partial charge in [-0.2, -0.15) is 0 Å². The Balaban J connectivity index is 2.46. The van der Waals surface area contributed by atoms with E-state index >= 15 is 0 Å². The lowest BCUT2D eigenvalue weighted by atomic mass is 10.1. The van der Waals surface area contributed by atoms with E-state index in [1.165, 1.54) is 18.2 Å². The second-order valence-electron chi connectivity index (χ2n) is 3.07. The number of phenols is 2. The molecule has 0 amide bonds. The van der Waals surface area contributed by atoms with Crippen molar-refractivity contribution in [1.29, 1.82) is 0 Å². The van der Waals surface area contributed by atoms with Crippen LogP contribution in [0.4, 0.5) is 0 Å². The van der Waals surface area contributed by atoms with E-state index in [0.717, 1.165) is 17.4 Å². The van der Waals surface area contributed by atoms with E-state index in [4.69, 9.17) is 5.26 Å². The summed E-state index contributed by atoms with van der Waals surface area (Å²) in [5.74, 6) is 0.0931. The first-order chi connectivity index (χ1) is 7.70. The maximum atomic E-state index is 9.69. The highest BCUT2D eigenvalue weighted by Crippen LogP contribution is 2.33. The molecule has 0 heterocycles. The molecule has 0 radical (unpaired) electrons. The lowest BCUT2D eigenvalue weighted by Gasteiger charge is -2.04. The molecule has 0 bridgehead atoms. The molecule has 0 spiro atoms. The molecule has 2 rings (SSSR count). The molecule has 2 aromatic rings. The Labute approximate surface area is 94.9 Å². The van der Waals surface area contributed by atoms with E-state index in [-0.39, 0.29) is 11.5 Å². The Morgan fingerprint density at radius 3 is 2.62 bits per heavy atom. The largest absolute Gasteiger partial charge is 0.508 e. The van der Waals surface area contributed by atoms with Gasteiger partial charge in [0.1, 0.15) is 11.5 Å². The van der Waals surface area contributed by atoms with E-state index in [9.17, 15) is 10.2 Å². The molecule has 0 unspecified atom stereocenters. The molecule has 5 nitrogen and oxygen atoms in total. The Kier molecular flexibility index (Phi) is 3.16. The van der Waals surface area contributed by atoms with E-state index < -0.39 is 0 Å². The van der Waals surface area contributed by atoms with Crippen LogP contribution in [0.3, 0.4) is 0 Å². The zero-order valence-corrected chi connectivity index (χ0v) is 8.77. The molecule has 3 N–H and O–H groups in total. The van der Waals surface area contributed by atoms with Crippen LogP contribution in [0.25, 0.3) is 10.8 Å². The van der Waals surface area contributed by atoms with Crippen LogP contribution in [0.15, 0.2) is 35.2 Å². The minimum atomic E-state index is 0.0115. The summed E-state index contributed by atoms with van der Waals surface area (Å²) in [5, 5.41) is 31.7. The molecule has 0 aliphatic heterocycles. The van der Waals surface area contributed by atoms with E-state index in [1.807, 2.05) is 0 Å². The molecule has 0 fully saturated rings. The summed E-state index contributed by atoms with van der Waals surface area (Å²) in [5.41, 5.74) is 0. The van der Waals surface area contributed by atoms with Crippen molar-refractivity contribution in [3.8, 4) is 11.5 Å². The summed E-state index contributed by atoms with van der Waals surface area (Å²) >= 11 is 0.759. The highest BCUT2D eigenvalue weighted by atomic mass is 32.2. The molecule has 6 heteroatoms. The quantitative estimate of drug-likeness (QED) is 0.435. The molecular formula is C10H8O5S. The maximum Gasteiger partial charge on any atom is 0.124 e. The Bertz CT molecular complexity index is 514. The number of hydrogen-bond acceptors (Lipinski definition) is 6. The van der Waals surface area contributed by atoms with Crippen molar-refractivity contribution >= 4 is 22.8 Å². The van der Waals surface area contributed by atoms with E-state index in [2.05, 4.69) is 9.37 Å². The van der Waals surface area contributed by atoms with Crippen LogP contribution in [0.5, 0.6) is 11.5 Å². The van der Waals surface area contributed by atoms with Crippen LogP contribution < -0.4 is 0 Å². The minimum absolute atomic E-state index is 0.0115. The van der Waals surface area contributed by atoms with E-state index in [1.54, 1.807) is 12.1 Å². The number of phenolic OH excluding ortho intramolecular Hbond substituents is 2. The van der Waals surface area contributed by atoms with Gasteiger partial charge in [-0.3, -0.25) is 0 Å². The van der Waals surface area contributed by atoms with Crippen LogP contribution >= 0.6 is 12.0 Å². The highest BCUT2D eigenvalue weighted by Gasteiger charge is 2.05. The summed E-state index contributed by atoms with van der Waals surface area (Å²) in [6, 6.07) is 7.79. The fourth-order valence-electron chi connectivity index (χ4n) is 1.40. The smallest absolute Gasteiger partial charge is 0.124 e. The molecule has 0 saturated carbocycles. The predicted molar refractivity (Wildman–Crippen MR) is 57.9 cm³/mol. The second kappa shape index (κ2) is 4.58. The Morgan fingerprint density at radius 1 is 1.06 bits per heavy atom. The molecule has 2 aromatic carbocycles. The first kappa shape index (κ1) is 11.0. The Hall–Kier alpha value is -1.47. The lowest BCUT2D eigenvalue weighted by molar-refractivity contribution is -0.432. The summed E-state index contributed by atoms with van der Waals surface area (Å²) in [6.07, 6.45) is 0. The number of hydrogen-bond donors (Lipinski definition) is 3. The van der Waals surface area contributed by atoms with Gasteiger partial charge in [-0.25, -0.2) is 5.26 Å². The summed E-state index contributed by atoms with van der Waals surface area (Å²) in [4.78, 5) is 0.560. The molecule has 84 valence electrons. The normalized spacial score (nSPS) is 10.8. The van der Waals surface area contributed by atoms with Gasteiger partial charge in [0, 0.05) is 10.3 Å². The fraction of sp³-hybridized carbons (Fsp3) is 0. The number of benzene rings is 2. The van der Waals surface area contributed by atoms with Gasteiger partial charge in [0.15, 0.2) is 0 Å². The summed E-state index contributed by atoms with van der Waals surface area (Å²) in [6.45, 7) is 0. The molecule has 0 saturated heterocycles. The molecule has 0 atom stereocenters. The van der Waals surface area contributed by atoms with Crippen molar-refractivity contribution < 1.29 is 24.8 Å². The van der Waals surface area contributed by atoms with E-state index in [0.29, 0.717) is 10.3 Å². The second-order valence-corrected chi connectivity index (χ2v) is 3.85. The monoisotopic (exact) mass is 240 g/mol. The van der Waals surface area contributed by atoms with Crippen LogP contribution in [-0.2, 0) is 9.37 Å². The van der Waals surface area contributed by atoms with Gasteiger partial charge in [0.05, 0.1) is 12.0 Å². The maximum absolute atomic E-state index is 9.69.